The molecule has 3 nitrogen and oxygen atoms in total. The van der Waals surface area contributed by atoms with Gasteiger partial charge in [0, 0.05) is 18.6 Å². The topological polar surface area (TPSA) is 32.5 Å². The molecule has 2 saturated heterocycles. The molecule has 2 heterocycles. The Kier molecular flexibility index (Phi) is 5.26. The molecule has 0 aliphatic carbocycles. The maximum atomic E-state index is 5.79. The number of nitrogens with zero attached hydrogens (tertiary/aromatic N) is 2. The molecule has 2 aliphatic rings. The number of hydrogen-bond acceptors (Lipinski definition) is 3. The van der Waals surface area contributed by atoms with Gasteiger partial charge in [-0.25, -0.2) is 0 Å². The smallest absolute Gasteiger partial charge is 0.0223 e. The minimum absolute atomic E-state index is 0.379. The Balaban J connectivity index is 1.66. The van der Waals surface area contributed by atoms with E-state index in [1.807, 2.05) is 0 Å². The Morgan fingerprint density at radius 2 is 2.00 bits per heavy atom. The maximum absolute atomic E-state index is 5.79. The first-order valence-corrected chi connectivity index (χ1v) is 7.47. The first kappa shape index (κ1) is 13.3. The second kappa shape index (κ2) is 6.72. The van der Waals surface area contributed by atoms with Crippen molar-refractivity contribution in [3.63, 3.8) is 0 Å². The molecule has 0 amide bonds. The first-order valence-electron chi connectivity index (χ1n) is 7.47. The van der Waals surface area contributed by atoms with Crippen LogP contribution < -0.4 is 5.73 Å². The number of fused-ring (bicyclic) bond motifs is 1. The Morgan fingerprint density at radius 1 is 1.18 bits per heavy atom. The Labute approximate surface area is 106 Å². The van der Waals surface area contributed by atoms with Crippen LogP contribution in [0.15, 0.2) is 0 Å². The standard InChI is InChI=1S/C14H29N3/c1-13(15)6-2-3-8-16-9-5-11-17-10-4-7-14(17)12-16/h13-14H,2-12,15H2,1H3. The first-order chi connectivity index (χ1) is 8.25. The Hall–Kier alpha value is -0.120. The van der Waals surface area contributed by atoms with E-state index in [0.717, 1.165) is 6.04 Å². The zero-order chi connectivity index (χ0) is 12.1. The fourth-order valence-corrected chi connectivity index (χ4v) is 3.29. The van der Waals surface area contributed by atoms with Crippen molar-refractivity contribution >= 4 is 0 Å². The van der Waals surface area contributed by atoms with Crippen LogP contribution in [0.25, 0.3) is 0 Å². The van der Waals surface area contributed by atoms with Crippen molar-refractivity contribution in [2.45, 2.75) is 57.5 Å². The molecule has 0 aromatic carbocycles. The average molecular weight is 239 g/mol. The van der Waals surface area contributed by atoms with E-state index in [1.165, 1.54) is 71.2 Å². The molecular weight excluding hydrogens is 210 g/mol. The highest BCUT2D eigenvalue weighted by molar-refractivity contribution is 4.84. The molecule has 0 aromatic heterocycles. The number of rotatable bonds is 5. The van der Waals surface area contributed by atoms with Gasteiger partial charge in [0.05, 0.1) is 0 Å². The normalized spacial score (nSPS) is 28.9. The second-order valence-electron chi connectivity index (χ2n) is 5.96. The van der Waals surface area contributed by atoms with Gasteiger partial charge in [-0.2, -0.15) is 0 Å². The lowest BCUT2D eigenvalue weighted by Gasteiger charge is -2.25. The van der Waals surface area contributed by atoms with Gasteiger partial charge in [-0.15, -0.1) is 0 Å². The molecule has 0 spiro atoms. The highest BCUT2D eigenvalue weighted by atomic mass is 15.3. The van der Waals surface area contributed by atoms with Gasteiger partial charge in [-0.05, 0) is 65.2 Å². The maximum Gasteiger partial charge on any atom is 0.0223 e. The van der Waals surface area contributed by atoms with E-state index >= 15 is 0 Å². The fourth-order valence-electron chi connectivity index (χ4n) is 3.29. The molecule has 17 heavy (non-hydrogen) atoms. The molecule has 2 N–H and O–H groups in total. The summed E-state index contributed by atoms with van der Waals surface area (Å²) in [7, 11) is 0. The van der Waals surface area contributed by atoms with E-state index in [-0.39, 0.29) is 0 Å². The summed E-state index contributed by atoms with van der Waals surface area (Å²) in [5, 5.41) is 0. The highest BCUT2D eigenvalue weighted by Crippen LogP contribution is 2.21. The molecule has 2 atom stereocenters. The lowest BCUT2D eigenvalue weighted by molar-refractivity contribution is 0.217. The summed E-state index contributed by atoms with van der Waals surface area (Å²) >= 11 is 0. The minimum Gasteiger partial charge on any atom is -0.328 e. The SMILES string of the molecule is CC(N)CCCCN1CCCN2CCCC2C1. The summed E-state index contributed by atoms with van der Waals surface area (Å²) in [4.78, 5) is 5.40. The summed E-state index contributed by atoms with van der Waals surface area (Å²) in [5.41, 5.74) is 5.79. The van der Waals surface area contributed by atoms with E-state index in [9.17, 15) is 0 Å². The molecular formula is C14H29N3. The second-order valence-corrected chi connectivity index (χ2v) is 5.96. The Morgan fingerprint density at radius 3 is 2.82 bits per heavy atom. The van der Waals surface area contributed by atoms with Crippen molar-refractivity contribution in [2.75, 3.05) is 32.7 Å². The summed E-state index contributed by atoms with van der Waals surface area (Å²) in [6.45, 7) is 8.72. The molecule has 0 saturated carbocycles. The van der Waals surface area contributed by atoms with Crippen LogP contribution >= 0.6 is 0 Å². The van der Waals surface area contributed by atoms with Crippen LogP contribution in [-0.2, 0) is 0 Å². The molecule has 2 aliphatic heterocycles. The molecule has 0 radical (unpaired) electrons. The van der Waals surface area contributed by atoms with E-state index in [2.05, 4.69) is 16.7 Å². The quantitative estimate of drug-likeness (QED) is 0.741. The summed E-state index contributed by atoms with van der Waals surface area (Å²) in [6, 6.07) is 1.25. The molecule has 2 fully saturated rings. The average Bonchev–Trinajstić information content (AvgIpc) is 2.63. The van der Waals surface area contributed by atoms with Gasteiger partial charge in [0.2, 0.25) is 0 Å². The van der Waals surface area contributed by atoms with Crippen molar-refractivity contribution in [3.8, 4) is 0 Å². The van der Waals surface area contributed by atoms with Crippen LogP contribution in [0.3, 0.4) is 0 Å². The Bertz CT molecular complexity index is 218. The van der Waals surface area contributed by atoms with Crippen LogP contribution in [-0.4, -0.2) is 54.6 Å². The zero-order valence-corrected chi connectivity index (χ0v) is 11.4. The monoisotopic (exact) mass is 239 g/mol. The summed E-state index contributed by atoms with van der Waals surface area (Å²) in [6.07, 6.45) is 8.02. The van der Waals surface area contributed by atoms with Crippen molar-refractivity contribution in [2.24, 2.45) is 5.73 Å². The van der Waals surface area contributed by atoms with Gasteiger partial charge in [-0.3, -0.25) is 4.90 Å². The molecule has 0 aromatic rings. The fraction of sp³-hybridized carbons (Fsp3) is 1.00. The van der Waals surface area contributed by atoms with E-state index in [1.54, 1.807) is 0 Å². The van der Waals surface area contributed by atoms with E-state index in [4.69, 9.17) is 5.73 Å². The highest BCUT2D eigenvalue weighted by Gasteiger charge is 2.28. The molecule has 2 rings (SSSR count). The summed E-state index contributed by atoms with van der Waals surface area (Å²) < 4.78 is 0. The third-order valence-corrected chi connectivity index (χ3v) is 4.27. The summed E-state index contributed by atoms with van der Waals surface area (Å²) in [5.74, 6) is 0. The van der Waals surface area contributed by atoms with Crippen molar-refractivity contribution in [1.82, 2.24) is 9.80 Å². The minimum atomic E-state index is 0.379. The van der Waals surface area contributed by atoms with Crippen LogP contribution in [0, 0.1) is 0 Å². The lowest BCUT2D eigenvalue weighted by atomic mass is 10.1. The van der Waals surface area contributed by atoms with Gasteiger partial charge >= 0.3 is 0 Å². The zero-order valence-electron chi connectivity index (χ0n) is 11.4. The molecule has 0 bridgehead atoms. The molecule has 100 valence electrons. The van der Waals surface area contributed by atoms with E-state index < -0.39 is 0 Å². The van der Waals surface area contributed by atoms with E-state index in [0.29, 0.717) is 6.04 Å². The van der Waals surface area contributed by atoms with Crippen LogP contribution in [0.4, 0.5) is 0 Å². The van der Waals surface area contributed by atoms with Gasteiger partial charge in [0.25, 0.3) is 0 Å². The molecule has 2 unspecified atom stereocenters. The largest absolute Gasteiger partial charge is 0.328 e. The van der Waals surface area contributed by atoms with Crippen molar-refractivity contribution in [3.05, 3.63) is 0 Å². The van der Waals surface area contributed by atoms with Crippen LogP contribution in [0.1, 0.15) is 45.4 Å². The van der Waals surface area contributed by atoms with Gasteiger partial charge < -0.3 is 10.6 Å². The van der Waals surface area contributed by atoms with Crippen LogP contribution in [0.5, 0.6) is 0 Å². The predicted octanol–water partition coefficient (Wildman–Crippen LogP) is 1.67. The van der Waals surface area contributed by atoms with Gasteiger partial charge in [-0.1, -0.05) is 6.42 Å². The van der Waals surface area contributed by atoms with Crippen LogP contribution in [0.2, 0.25) is 0 Å². The third kappa shape index (κ3) is 4.23. The predicted molar refractivity (Wildman–Crippen MR) is 73.2 cm³/mol. The van der Waals surface area contributed by atoms with Gasteiger partial charge in [0.1, 0.15) is 0 Å². The third-order valence-electron chi connectivity index (χ3n) is 4.27. The van der Waals surface area contributed by atoms with Crippen molar-refractivity contribution in [1.29, 1.82) is 0 Å². The van der Waals surface area contributed by atoms with Gasteiger partial charge in [0.15, 0.2) is 0 Å². The van der Waals surface area contributed by atoms with Crippen molar-refractivity contribution < 1.29 is 0 Å². The molecule has 3 heteroatoms. The number of nitrogens with two attached hydrogens (primary N) is 1. The lowest BCUT2D eigenvalue weighted by Crippen LogP contribution is -2.37. The number of hydrogen-bond donors (Lipinski definition) is 1. The number of unbranched alkanes of at least 4 members (excludes halogenated alkanes) is 1.